The Balaban J connectivity index is 3.71. The highest BCUT2D eigenvalue weighted by Gasteiger charge is 1.99. The van der Waals surface area contributed by atoms with Crippen molar-refractivity contribution in [2.45, 2.75) is 0 Å². The first kappa shape index (κ1) is 7.89. The summed E-state index contributed by atoms with van der Waals surface area (Å²) in [5.41, 5.74) is 5.02. The lowest BCUT2D eigenvalue weighted by molar-refractivity contribution is 0.495. The van der Waals surface area contributed by atoms with Crippen molar-refractivity contribution < 1.29 is 9.46 Å². The van der Waals surface area contributed by atoms with Crippen LogP contribution in [0.5, 0.6) is 0 Å². The van der Waals surface area contributed by atoms with E-state index in [1.165, 1.54) is 18.6 Å². The monoisotopic (exact) mass is 135 g/mol. The molecule has 8 heavy (non-hydrogen) atoms. The molecule has 0 saturated heterocycles. The molecule has 0 aromatic rings. The van der Waals surface area contributed by atoms with Gasteiger partial charge < -0.3 is 10.6 Å². The van der Waals surface area contributed by atoms with Gasteiger partial charge in [0, 0.05) is 13.2 Å². The molecule has 0 rings (SSSR count). The van der Waals surface area contributed by atoms with Crippen LogP contribution in [0, 0.1) is 0 Å². The van der Waals surface area contributed by atoms with Crippen LogP contribution in [0.2, 0.25) is 0 Å². The number of nitrogens with two attached hydrogens (primary N) is 1. The second-order valence-electron chi connectivity index (χ2n) is 1.56. The van der Waals surface area contributed by atoms with E-state index in [0.717, 1.165) is 0 Å². The van der Waals surface area contributed by atoms with Gasteiger partial charge in [0.1, 0.15) is 0 Å². The molecule has 1 unspecified atom stereocenters. The van der Waals surface area contributed by atoms with Gasteiger partial charge in [0.25, 0.3) is 0 Å². The van der Waals surface area contributed by atoms with Crippen LogP contribution in [0.15, 0.2) is 11.9 Å². The Bertz CT molecular complexity index is 126. The van der Waals surface area contributed by atoms with Crippen molar-refractivity contribution in [3.8, 4) is 0 Å². The number of hydrogen-bond acceptors (Lipinski definition) is 2. The van der Waals surface area contributed by atoms with Crippen LogP contribution < -0.4 is 5.73 Å². The average molecular weight is 135 g/mol. The second-order valence-corrected chi connectivity index (χ2v) is 3.75. The van der Waals surface area contributed by atoms with Crippen LogP contribution in [0.3, 0.4) is 0 Å². The van der Waals surface area contributed by atoms with Crippen LogP contribution in [0.4, 0.5) is 0 Å². The van der Waals surface area contributed by atoms with Gasteiger partial charge in [-0.1, -0.05) is 6.08 Å². The Kier molecular flexibility index (Phi) is 2.98. The van der Waals surface area contributed by atoms with E-state index in [4.69, 9.17) is 10.6 Å². The quantitative estimate of drug-likeness (QED) is 0.537. The van der Waals surface area contributed by atoms with Crippen molar-refractivity contribution in [2.75, 3.05) is 13.2 Å². The van der Waals surface area contributed by atoms with Crippen molar-refractivity contribution in [3.63, 3.8) is 0 Å². The molecule has 0 heterocycles. The van der Waals surface area contributed by atoms with Crippen LogP contribution in [0.25, 0.3) is 0 Å². The first-order valence-corrected chi connectivity index (χ1v) is 4.41. The van der Waals surface area contributed by atoms with Gasteiger partial charge in [0.15, 0.2) is 0 Å². The molecule has 0 radical (unpaired) electrons. The Morgan fingerprint density at radius 2 is 2.38 bits per heavy atom. The van der Waals surface area contributed by atoms with Crippen molar-refractivity contribution in [1.82, 2.24) is 0 Å². The molecule has 0 aromatic carbocycles. The predicted molar refractivity (Wildman–Crippen MR) is 33.9 cm³/mol. The van der Waals surface area contributed by atoms with Gasteiger partial charge in [-0.3, -0.25) is 4.57 Å². The third-order valence-corrected chi connectivity index (χ3v) is 1.28. The third-order valence-electron chi connectivity index (χ3n) is 0.518. The van der Waals surface area contributed by atoms with Gasteiger partial charge in [-0.25, -0.2) is 0 Å². The maximum atomic E-state index is 10.4. The van der Waals surface area contributed by atoms with Gasteiger partial charge >= 0.3 is 0 Å². The lowest BCUT2D eigenvalue weighted by Crippen LogP contribution is -1.91. The zero-order valence-corrected chi connectivity index (χ0v) is 5.64. The summed E-state index contributed by atoms with van der Waals surface area (Å²) in [5, 5.41) is 0. The molecule has 0 spiro atoms. The van der Waals surface area contributed by atoms with E-state index in [1.807, 2.05) is 0 Å². The molecule has 1 atom stereocenters. The molecule has 3 N–H and O–H groups in total. The zero-order chi connectivity index (χ0) is 6.62. The minimum absolute atomic E-state index is 0.318. The van der Waals surface area contributed by atoms with Crippen molar-refractivity contribution >= 4 is 7.37 Å². The lowest BCUT2D eigenvalue weighted by atomic mass is 10.7. The molecule has 4 heteroatoms. The molecule has 0 bridgehead atoms. The molecular weight excluding hydrogens is 125 g/mol. The summed E-state index contributed by atoms with van der Waals surface area (Å²) in [6.07, 6.45) is 1.47. The summed E-state index contributed by atoms with van der Waals surface area (Å²) in [5.74, 6) is 1.23. The molecule has 0 aromatic heterocycles. The molecule has 0 saturated carbocycles. The predicted octanol–water partition coefficient (Wildman–Crippen LogP) is 0.359. The first-order valence-electron chi connectivity index (χ1n) is 2.24. The van der Waals surface area contributed by atoms with Crippen molar-refractivity contribution in [3.05, 3.63) is 11.9 Å². The first-order chi connectivity index (χ1) is 3.56. The van der Waals surface area contributed by atoms with E-state index < -0.39 is 7.37 Å². The maximum absolute atomic E-state index is 10.4. The van der Waals surface area contributed by atoms with Gasteiger partial charge in [-0.05, 0) is 5.82 Å². The second kappa shape index (κ2) is 3.02. The number of hydrogen-bond donors (Lipinski definition) is 2. The van der Waals surface area contributed by atoms with Gasteiger partial charge in [0.2, 0.25) is 7.37 Å². The van der Waals surface area contributed by atoms with Crippen LogP contribution in [-0.2, 0) is 4.57 Å². The van der Waals surface area contributed by atoms with E-state index in [1.54, 1.807) is 0 Å². The minimum Gasteiger partial charge on any atom is -0.342 e. The fourth-order valence-corrected chi connectivity index (χ4v) is 0.769. The zero-order valence-electron chi connectivity index (χ0n) is 4.74. The summed E-state index contributed by atoms with van der Waals surface area (Å²) in [6, 6.07) is 0. The summed E-state index contributed by atoms with van der Waals surface area (Å²) in [6.45, 7) is 1.58. The molecule has 0 aliphatic carbocycles. The Morgan fingerprint density at radius 1 is 1.88 bits per heavy atom. The highest BCUT2D eigenvalue weighted by Crippen LogP contribution is 2.36. The highest BCUT2D eigenvalue weighted by atomic mass is 31.2. The van der Waals surface area contributed by atoms with E-state index in [2.05, 4.69) is 0 Å². The SMILES string of the molecule is CP(=O)(O)/C=C\CN. The van der Waals surface area contributed by atoms with Crippen molar-refractivity contribution in [1.29, 1.82) is 0 Å². The Morgan fingerprint density at radius 3 is 2.50 bits per heavy atom. The van der Waals surface area contributed by atoms with E-state index in [0.29, 0.717) is 6.54 Å². The summed E-state index contributed by atoms with van der Waals surface area (Å²) in [4.78, 5) is 8.56. The van der Waals surface area contributed by atoms with Crippen LogP contribution in [-0.4, -0.2) is 18.1 Å². The molecule has 48 valence electrons. The van der Waals surface area contributed by atoms with Crippen LogP contribution >= 0.6 is 7.37 Å². The van der Waals surface area contributed by atoms with E-state index >= 15 is 0 Å². The topological polar surface area (TPSA) is 63.3 Å². The lowest BCUT2D eigenvalue weighted by Gasteiger charge is -1.92. The fraction of sp³-hybridized carbons (Fsp3) is 0.500. The average Bonchev–Trinajstić information content (AvgIpc) is 1.59. The largest absolute Gasteiger partial charge is 0.342 e. The van der Waals surface area contributed by atoms with E-state index in [-0.39, 0.29) is 0 Å². The molecule has 3 nitrogen and oxygen atoms in total. The summed E-state index contributed by atoms with van der Waals surface area (Å²) in [7, 11) is -2.94. The molecule has 0 fully saturated rings. The third kappa shape index (κ3) is 5.89. The summed E-state index contributed by atoms with van der Waals surface area (Å²) >= 11 is 0. The molecule has 0 amide bonds. The highest BCUT2D eigenvalue weighted by molar-refractivity contribution is 7.60. The normalized spacial score (nSPS) is 18.9. The van der Waals surface area contributed by atoms with Gasteiger partial charge in [-0.2, -0.15) is 0 Å². The van der Waals surface area contributed by atoms with Crippen LogP contribution in [0.1, 0.15) is 0 Å². The summed E-state index contributed by atoms with van der Waals surface area (Å²) < 4.78 is 10.4. The Hall–Kier alpha value is -0.110. The Labute approximate surface area is 48.7 Å². The van der Waals surface area contributed by atoms with E-state index in [9.17, 15) is 4.57 Å². The minimum atomic E-state index is -2.94. The van der Waals surface area contributed by atoms with Gasteiger partial charge in [-0.15, -0.1) is 0 Å². The smallest absolute Gasteiger partial charge is 0.219 e. The molecule has 0 aliphatic heterocycles. The molecular formula is C4H10NO2P. The maximum Gasteiger partial charge on any atom is 0.219 e. The van der Waals surface area contributed by atoms with Crippen molar-refractivity contribution in [2.24, 2.45) is 5.73 Å². The molecule has 0 aliphatic rings. The standard InChI is InChI=1S/C4H10NO2P/c1-8(6,7)4-2-3-5/h2,4H,3,5H2,1H3,(H,6,7)/b4-2-. The fourth-order valence-electron chi connectivity index (χ4n) is 0.256. The van der Waals surface area contributed by atoms with Gasteiger partial charge in [0.05, 0.1) is 0 Å². The number of rotatable bonds is 2.